The molecule has 4 amide bonds. The Morgan fingerprint density at radius 2 is 1.26 bits per heavy atom. The van der Waals surface area contributed by atoms with E-state index in [-0.39, 0.29) is 23.3 Å². The number of hydrazine groups is 1. The topological polar surface area (TPSA) is 84.0 Å². The van der Waals surface area contributed by atoms with Crippen LogP contribution in [0.5, 0.6) is 0 Å². The van der Waals surface area contributed by atoms with E-state index in [2.05, 4.69) is 0 Å². The zero-order valence-corrected chi connectivity index (χ0v) is 12.0. The van der Waals surface area contributed by atoms with Gasteiger partial charge in [-0.15, -0.1) is 0 Å². The molecule has 0 radical (unpaired) electrons. The molecule has 1 aromatic carbocycles. The smallest absolute Gasteiger partial charge is 0.281 e. The lowest BCUT2D eigenvalue weighted by Crippen LogP contribution is -2.51. The minimum absolute atomic E-state index is 0.217. The SMILES string of the molecule is O=C1c2ccccc2C(=O)N1N1C(=O)C2C3CCC(O3)C2C1=O. The molecule has 0 aromatic heterocycles. The Morgan fingerprint density at radius 3 is 1.74 bits per heavy atom. The van der Waals surface area contributed by atoms with Gasteiger partial charge in [0.05, 0.1) is 35.2 Å². The highest BCUT2D eigenvalue weighted by molar-refractivity contribution is 6.24. The zero-order valence-electron chi connectivity index (χ0n) is 12.0. The van der Waals surface area contributed by atoms with Gasteiger partial charge in [0.1, 0.15) is 0 Å². The molecule has 0 saturated carbocycles. The van der Waals surface area contributed by atoms with Crippen molar-refractivity contribution in [3.63, 3.8) is 0 Å². The molecule has 4 atom stereocenters. The molecule has 0 aliphatic carbocycles. The van der Waals surface area contributed by atoms with Gasteiger partial charge < -0.3 is 4.74 Å². The van der Waals surface area contributed by atoms with Crippen LogP contribution in [0.2, 0.25) is 0 Å². The molecule has 3 fully saturated rings. The van der Waals surface area contributed by atoms with Gasteiger partial charge in [0, 0.05) is 0 Å². The van der Waals surface area contributed by atoms with Gasteiger partial charge in [-0.3, -0.25) is 19.2 Å². The maximum Gasteiger partial charge on any atom is 0.281 e. The zero-order chi connectivity index (χ0) is 15.9. The number of rotatable bonds is 1. The summed E-state index contributed by atoms with van der Waals surface area (Å²) in [5.41, 5.74) is 0.434. The van der Waals surface area contributed by atoms with Gasteiger partial charge in [0.2, 0.25) is 0 Å². The number of hydrogen-bond acceptors (Lipinski definition) is 5. The highest BCUT2D eigenvalue weighted by Gasteiger charge is 2.65. The Hall–Kier alpha value is -2.54. The quantitative estimate of drug-likeness (QED) is 0.699. The van der Waals surface area contributed by atoms with Crippen molar-refractivity contribution in [1.29, 1.82) is 0 Å². The average molecular weight is 312 g/mol. The normalized spacial score (nSPS) is 34.6. The summed E-state index contributed by atoms with van der Waals surface area (Å²) in [6.07, 6.45) is 0.921. The summed E-state index contributed by atoms with van der Waals surface area (Å²) < 4.78 is 5.65. The van der Waals surface area contributed by atoms with Crippen LogP contribution in [0.15, 0.2) is 24.3 Å². The molecule has 4 unspecified atom stereocenters. The van der Waals surface area contributed by atoms with Crippen molar-refractivity contribution in [2.24, 2.45) is 11.8 Å². The van der Waals surface area contributed by atoms with Crippen LogP contribution in [0, 0.1) is 11.8 Å². The van der Waals surface area contributed by atoms with E-state index >= 15 is 0 Å². The van der Waals surface area contributed by atoms with E-state index in [9.17, 15) is 19.2 Å². The van der Waals surface area contributed by atoms with Crippen LogP contribution in [0.4, 0.5) is 0 Å². The second-order valence-electron chi connectivity index (χ2n) is 6.30. The van der Waals surface area contributed by atoms with E-state index in [1.165, 1.54) is 12.1 Å². The molecule has 1 aromatic rings. The predicted octanol–water partition coefficient (Wildman–Crippen LogP) is 0.360. The fourth-order valence-corrected chi connectivity index (χ4v) is 4.25. The Morgan fingerprint density at radius 1 is 0.783 bits per heavy atom. The van der Waals surface area contributed by atoms with Gasteiger partial charge in [-0.25, -0.2) is 0 Å². The molecule has 2 bridgehead atoms. The van der Waals surface area contributed by atoms with E-state index in [1.54, 1.807) is 12.1 Å². The van der Waals surface area contributed by atoms with Crippen molar-refractivity contribution in [1.82, 2.24) is 10.0 Å². The molecule has 7 heteroatoms. The van der Waals surface area contributed by atoms with E-state index in [4.69, 9.17) is 4.74 Å². The van der Waals surface area contributed by atoms with Gasteiger partial charge in [-0.2, -0.15) is 10.0 Å². The summed E-state index contributed by atoms with van der Waals surface area (Å²) in [7, 11) is 0. The molecule has 0 N–H and O–H groups in total. The lowest BCUT2D eigenvalue weighted by atomic mass is 9.81. The predicted molar refractivity (Wildman–Crippen MR) is 73.7 cm³/mol. The number of fused-ring (bicyclic) bond motifs is 6. The first-order valence-corrected chi connectivity index (χ1v) is 7.60. The third-order valence-corrected chi connectivity index (χ3v) is 5.23. The Bertz CT molecular complexity index is 740. The number of carbonyl (C=O) groups is 4. The highest BCUT2D eigenvalue weighted by Crippen LogP contribution is 2.49. The summed E-state index contributed by atoms with van der Waals surface area (Å²) in [4.78, 5) is 50.4. The second kappa shape index (κ2) is 4.05. The maximum atomic E-state index is 12.7. The van der Waals surface area contributed by atoms with Gasteiger partial charge in [0.15, 0.2) is 0 Å². The van der Waals surface area contributed by atoms with Crippen molar-refractivity contribution in [3.8, 4) is 0 Å². The van der Waals surface area contributed by atoms with Crippen LogP contribution in [-0.4, -0.2) is 45.9 Å². The standard InChI is InChI=1S/C16H12N2O5/c19-13-7-3-1-2-4-8(7)14(20)17(13)18-15(21)11-9-5-6-10(23-9)12(11)16(18)22/h1-4,9-12H,5-6H2. The molecule has 4 aliphatic rings. The lowest BCUT2D eigenvalue weighted by Gasteiger charge is -2.25. The van der Waals surface area contributed by atoms with Gasteiger partial charge >= 0.3 is 0 Å². The van der Waals surface area contributed by atoms with Crippen molar-refractivity contribution >= 4 is 23.6 Å². The maximum absolute atomic E-state index is 12.7. The number of amides is 4. The van der Waals surface area contributed by atoms with Crippen molar-refractivity contribution < 1.29 is 23.9 Å². The minimum atomic E-state index is -0.625. The molecule has 4 aliphatic heterocycles. The number of carbonyl (C=O) groups excluding carboxylic acids is 4. The summed E-state index contributed by atoms with van der Waals surface area (Å²) >= 11 is 0. The highest BCUT2D eigenvalue weighted by atomic mass is 16.5. The summed E-state index contributed by atoms with van der Waals surface area (Å²) in [5.74, 6) is -3.37. The molecular weight excluding hydrogens is 300 g/mol. The van der Waals surface area contributed by atoms with Crippen molar-refractivity contribution in [3.05, 3.63) is 35.4 Å². The minimum Gasteiger partial charge on any atom is -0.373 e. The number of ether oxygens (including phenoxy) is 1. The van der Waals surface area contributed by atoms with Gasteiger partial charge in [-0.05, 0) is 25.0 Å². The van der Waals surface area contributed by atoms with E-state index in [0.717, 1.165) is 17.9 Å². The summed E-state index contributed by atoms with van der Waals surface area (Å²) in [5, 5.41) is 1.46. The first-order valence-electron chi connectivity index (χ1n) is 7.60. The molecule has 0 spiro atoms. The second-order valence-corrected chi connectivity index (χ2v) is 6.30. The van der Waals surface area contributed by atoms with Crippen LogP contribution in [0.25, 0.3) is 0 Å². The first-order chi connectivity index (χ1) is 11.1. The molecular formula is C16H12N2O5. The Kier molecular flexibility index (Phi) is 2.28. The monoisotopic (exact) mass is 312 g/mol. The largest absolute Gasteiger partial charge is 0.373 e. The molecule has 3 saturated heterocycles. The third-order valence-electron chi connectivity index (χ3n) is 5.23. The van der Waals surface area contributed by atoms with Gasteiger partial charge in [0.25, 0.3) is 23.6 Å². The van der Waals surface area contributed by atoms with Crippen LogP contribution >= 0.6 is 0 Å². The number of nitrogens with zero attached hydrogens (tertiary/aromatic N) is 2. The van der Waals surface area contributed by atoms with Crippen LogP contribution in [0.1, 0.15) is 33.6 Å². The number of imide groups is 2. The van der Waals surface area contributed by atoms with Crippen molar-refractivity contribution in [2.75, 3.05) is 0 Å². The third kappa shape index (κ3) is 1.38. The summed E-state index contributed by atoms with van der Waals surface area (Å²) in [6.45, 7) is 0. The van der Waals surface area contributed by atoms with Crippen LogP contribution in [-0.2, 0) is 14.3 Å². The molecule has 5 rings (SSSR count). The van der Waals surface area contributed by atoms with Crippen LogP contribution in [0.3, 0.4) is 0 Å². The Balaban J connectivity index is 1.57. The molecule has 4 heterocycles. The van der Waals surface area contributed by atoms with E-state index < -0.39 is 35.5 Å². The van der Waals surface area contributed by atoms with Gasteiger partial charge in [-0.1, -0.05) is 12.1 Å². The molecule has 116 valence electrons. The average Bonchev–Trinajstić information content (AvgIpc) is 3.28. The lowest BCUT2D eigenvalue weighted by molar-refractivity contribution is -0.154. The number of hydrogen-bond donors (Lipinski definition) is 0. The van der Waals surface area contributed by atoms with E-state index in [0.29, 0.717) is 5.01 Å². The fraction of sp³-hybridized carbons (Fsp3) is 0.375. The van der Waals surface area contributed by atoms with Crippen LogP contribution < -0.4 is 0 Å². The number of benzene rings is 1. The van der Waals surface area contributed by atoms with E-state index in [1.807, 2.05) is 0 Å². The van der Waals surface area contributed by atoms with Crippen molar-refractivity contribution in [2.45, 2.75) is 25.0 Å². The fourth-order valence-electron chi connectivity index (χ4n) is 4.25. The summed E-state index contributed by atoms with van der Waals surface area (Å²) in [6, 6.07) is 6.33. The molecule has 7 nitrogen and oxygen atoms in total. The molecule has 23 heavy (non-hydrogen) atoms. The first kappa shape index (κ1) is 13.0. The Labute approximate surface area is 130 Å².